The van der Waals surface area contributed by atoms with Crippen molar-refractivity contribution < 1.29 is 4.79 Å². The Morgan fingerprint density at radius 3 is 2.83 bits per heavy atom. The minimum atomic E-state index is 0.342. The lowest BCUT2D eigenvalue weighted by molar-refractivity contribution is -0.127. The molecule has 18 heavy (non-hydrogen) atoms. The van der Waals surface area contributed by atoms with Gasteiger partial charge in [0.1, 0.15) is 0 Å². The van der Waals surface area contributed by atoms with E-state index in [1.54, 1.807) is 0 Å². The molecule has 3 rings (SSSR count). The zero-order valence-corrected chi connectivity index (χ0v) is 11.4. The van der Waals surface area contributed by atoms with Crippen molar-refractivity contribution in [2.24, 2.45) is 0 Å². The van der Waals surface area contributed by atoms with Crippen molar-refractivity contribution in [2.45, 2.75) is 57.2 Å². The summed E-state index contributed by atoms with van der Waals surface area (Å²) < 4.78 is 0. The van der Waals surface area contributed by atoms with Crippen LogP contribution in [0.15, 0.2) is 0 Å². The van der Waals surface area contributed by atoms with E-state index < -0.39 is 0 Å². The third-order valence-corrected chi connectivity index (χ3v) is 4.47. The summed E-state index contributed by atoms with van der Waals surface area (Å²) in [4.78, 5) is 16.2. The first-order valence-corrected chi connectivity index (χ1v) is 7.50. The van der Waals surface area contributed by atoms with Gasteiger partial charge in [-0.1, -0.05) is 0 Å². The Morgan fingerprint density at radius 1 is 1.33 bits per heavy atom. The smallest absolute Gasteiger partial charge is 0.222 e. The number of amides is 1. The first kappa shape index (κ1) is 12.4. The SMILES string of the molecule is CC(CN1CCCC1=O)NC1CCN(C2CC2)C1. The van der Waals surface area contributed by atoms with Crippen molar-refractivity contribution in [1.29, 1.82) is 0 Å². The summed E-state index contributed by atoms with van der Waals surface area (Å²) in [5, 5.41) is 3.70. The first-order valence-electron chi connectivity index (χ1n) is 7.50. The highest BCUT2D eigenvalue weighted by Crippen LogP contribution is 2.29. The van der Waals surface area contributed by atoms with Crippen molar-refractivity contribution in [1.82, 2.24) is 15.1 Å². The molecule has 4 heteroatoms. The van der Waals surface area contributed by atoms with Gasteiger partial charge in [0, 0.05) is 50.7 Å². The van der Waals surface area contributed by atoms with Gasteiger partial charge in [0.2, 0.25) is 5.91 Å². The summed E-state index contributed by atoms with van der Waals surface area (Å²) in [6.07, 6.45) is 5.89. The molecule has 0 aromatic carbocycles. The van der Waals surface area contributed by atoms with Crippen LogP contribution in [0.4, 0.5) is 0 Å². The monoisotopic (exact) mass is 251 g/mol. The molecular weight excluding hydrogens is 226 g/mol. The molecule has 3 fully saturated rings. The number of hydrogen-bond acceptors (Lipinski definition) is 3. The van der Waals surface area contributed by atoms with Gasteiger partial charge in [0.15, 0.2) is 0 Å². The molecule has 1 amide bonds. The largest absolute Gasteiger partial charge is 0.341 e. The maximum Gasteiger partial charge on any atom is 0.222 e. The van der Waals surface area contributed by atoms with Gasteiger partial charge in [0.25, 0.3) is 0 Å². The van der Waals surface area contributed by atoms with Gasteiger partial charge in [-0.25, -0.2) is 0 Å². The van der Waals surface area contributed by atoms with Crippen molar-refractivity contribution in [3.05, 3.63) is 0 Å². The van der Waals surface area contributed by atoms with Gasteiger partial charge < -0.3 is 10.2 Å². The maximum atomic E-state index is 11.6. The lowest BCUT2D eigenvalue weighted by atomic mass is 10.2. The Morgan fingerprint density at radius 2 is 2.17 bits per heavy atom. The van der Waals surface area contributed by atoms with E-state index in [2.05, 4.69) is 17.1 Å². The average molecular weight is 251 g/mol. The highest BCUT2D eigenvalue weighted by Gasteiger charge is 2.34. The van der Waals surface area contributed by atoms with E-state index in [9.17, 15) is 4.79 Å². The van der Waals surface area contributed by atoms with Crippen LogP contribution < -0.4 is 5.32 Å². The number of carbonyl (C=O) groups excluding carboxylic acids is 1. The van der Waals surface area contributed by atoms with E-state index in [1.165, 1.54) is 32.4 Å². The topological polar surface area (TPSA) is 35.6 Å². The van der Waals surface area contributed by atoms with Crippen molar-refractivity contribution in [2.75, 3.05) is 26.2 Å². The number of nitrogens with one attached hydrogen (secondary N) is 1. The molecule has 3 aliphatic rings. The number of carbonyl (C=O) groups is 1. The standard InChI is InChI=1S/C14H25N3O/c1-11(9-17-7-2-3-14(17)18)15-12-6-8-16(10-12)13-4-5-13/h11-13,15H,2-10H2,1H3. The minimum Gasteiger partial charge on any atom is -0.341 e. The summed E-state index contributed by atoms with van der Waals surface area (Å²) in [6, 6.07) is 1.96. The fourth-order valence-corrected chi connectivity index (χ4v) is 3.38. The van der Waals surface area contributed by atoms with Crippen LogP contribution in [0, 0.1) is 0 Å². The number of hydrogen-bond donors (Lipinski definition) is 1. The highest BCUT2D eigenvalue weighted by molar-refractivity contribution is 5.78. The lowest BCUT2D eigenvalue weighted by Gasteiger charge is -2.25. The second-order valence-electron chi connectivity index (χ2n) is 6.22. The van der Waals surface area contributed by atoms with E-state index >= 15 is 0 Å². The van der Waals surface area contributed by atoms with Crippen molar-refractivity contribution in [3.8, 4) is 0 Å². The van der Waals surface area contributed by atoms with Crippen LogP contribution in [-0.4, -0.2) is 60.0 Å². The Labute approximate surface area is 110 Å². The molecular formula is C14H25N3O. The van der Waals surface area contributed by atoms with Gasteiger partial charge in [-0.3, -0.25) is 9.69 Å². The zero-order valence-electron chi connectivity index (χ0n) is 11.4. The van der Waals surface area contributed by atoms with Gasteiger partial charge in [-0.15, -0.1) is 0 Å². The molecule has 102 valence electrons. The van der Waals surface area contributed by atoms with Gasteiger partial charge in [0.05, 0.1) is 0 Å². The minimum absolute atomic E-state index is 0.342. The van der Waals surface area contributed by atoms with Crippen molar-refractivity contribution >= 4 is 5.91 Å². The molecule has 0 radical (unpaired) electrons. The Kier molecular flexibility index (Phi) is 3.57. The molecule has 1 saturated carbocycles. The van der Waals surface area contributed by atoms with Crippen LogP contribution in [0.5, 0.6) is 0 Å². The van der Waals surface area contributed by atoms with Gasteiger partial charge in [-0.05, 0) is 32.6 Å². The third kappa shape index (κ3) is 2.86. The third-order valence-electron chi connectivity index (χ3n) is 4.47. The van der Waals surface area contributed by atoms with Crippen LogP contribution in [0.1, 0.15) is 39.0 Å². The molecule has 1 N–H and O–H groups in total. The normalized spacial score (nSPS) is 31.3. The predicted molar refractivity (Wildman–Crippen MR) is 71.4 cm³/mol. The number of likely N-dealkylation sites (tertiary alicyclic amines) is 2. The molecule has 2 saturated heterocycles. The van der Waals surface area contributed by atoms with E-state index in [0.717, 1.165) is 32.0 Å². The van der Waals surface area contributed by atoms with E-state index in [1.807, 2.05) is 4.90 Å². The summed E-state index contributed by atoms with van der Waals surface area (Å²) >= 11 is 0. The molecule has 0 bridgehead atoms. The van der Waals surface area contributed by atoms with Crippen LogP contribution in [-0.2, 0) is 4.79 Å². The van der Waals surface area contributed by atoms with Gasteiger partial charge in [-0.2, -0.15) is 0 Å². The molecule has 0 aromatic heterocycles. The second-order valence-corrected chi connectivity index (χ2v) is 6.22. The zero-order chi connectivity index (χ0) is 12.5. The summed E-state index contributed by atoms with van der Waals surface area (Å²) in [7, 11) is 0. The van der Waals surface area contributed by atoms with E-state index in [-0.39, 0.29) is 0 Å². The van der Waals surface area contributed by atoms with E-state index in [4.69, 9.17) is 0 Å². The predicted octanol–water partition coefficient (Wildman–Crippen LogP) is 0.824. The maximum absolute atomic E-state index is 11.6. The molecule has 0 spiro atoms. The van der Waals surface area contributed by atoms with E-state index in [0.29, 0.717) is 18.0 Å². The summed E-state index contributed by atoms with van der Waals surface area (Å²) in [5.41, 5.74) is 0. The fourth-order valence-electron chi connectivity index (χ4n) is 3.38. The number of rotatable bonds is 5. The lowest BCUT2D eigenvalue weighted by Crippen LogP contribution is -2.45. The quantitative estimate of drug-likeness (QED) is 0.786. The summed E-state index contributed by atoms with van der Waals surface area (Å²) in [5.74, 6) is 0.342. The molecule has 2 heterocycles. The molecule has 0 aromatic rings. The molecule has 2 atom stereocenters. The van der Waals surface area contributed by atoms with Crippen LogP contribution >= 0.6 is 0 Å². The molecule has 2 unspecified atom stereocenters. The second kappa shape index (κ2) is 5.17. The first-order chi connectivity index (χ1) is 8.72. The molecule has 4 nitrogen and oxygen atoms in total. The van der Waals surface area contributed by atoms with Crippen LogP contribution in [0.25, 0.3) is 0 Å². The fraction of sp³-hybridized carbons (Fsp3) is 0.929. The molecule has 1 aliphatic carbocycles. The molecule has 2 aliphatic heterocycles. The Balaban J connectivity index is 1.40. The highest BCUT2D eigenvalue weighted by atomic mass is 16.2. The van der Waals surface area contributed by atoms with Gasteiger partial charge >= 0.3 is 0 Å². The Hall–Kier alpha value is -0.610. The Bertz CT molecular complexity index is 316. The van der Waals surface area contributed by atoms with Crippen LogP contribution in [0.3, 0.4) is 0 Å². The number of nitrogens with zero attached hydrogens (tertiary/aromatic N) is 2. The average Bonchev–Trinajstić information content (AvgIpc) is 2.97. The van der Waals surface area contributed by atoms with Crippen molar-refractivity contribution in [3.63, 3.8) is 0 Å². The van der Waals surface area contributed by atoms with Crippen LogP contribution in [0.2, 0.25) is 0 Å². The summed E-state index contributed by atoms with van der Waals surface area (Å²) in [6.45, 7) is 6.54.